The molecule has 2 rings (SSSR count). The van der Waals surface area contributed by atoms with Gasteiger partial charge in [0.1, 0.15) is 18.2 Å². The maximum atomic E-state index is 10.3. The van der Waals surface area contributed by atoms with Crippen molar-refractivity contribution < 1.29 is 9.84 Å². The monoisotopic (exact) mass is 328 g/mol. The summed E-state index contributed by atoms with van der Waals surface area (Å²) in [5.41, 5.74) is 5.41. The van der Waals surface area contributed by atoms with E-state index in [9.17, 15) is 5.11 Å². The van der Waals surface area contributed by atoms with E-state index in [1.807, 2.05) is 32.2 Å². The predicted molar refractivity (Wildman–Crippen MR) is 98.5 cm³/mol. The van der Waals surface area contributed by atoms with Gasteiger partial charge in [-0.05, 0) is 46.5 Å². The lowest BCUT2D eigenvalue weighted by Crippen LogP contribution is -2.20. The fourth-order valence-electron chi connectivity index (χ4n) is 2.93. The van der Waals surface area contributed by atoms with Crippen LogP contribution in [0, 0.1) is 20.8 Å². The van der Waals surface area contributed by atoms with Crippen LogP contribution in [-0.4, -0.2) is 30.8 Å². The molecule has 0 unspecified atom stereocenters. The lowest BCUT2D eigenvalue weighted by atomic mass is 10.0. The molecule has 0 saturated carbocycles. The van der Waals surface area contributed by atoms with Gasteiger partial charge < -0.3 is 9.84 Å². The van der Waals surface area contributed by atoms with E-state index in [-0.39, 0.29) is 0 Å². The Kier molecular flexibility index (Phi) is 6.23. The summed E-state index contributed by atoms with van der Waals surface area (Å²) >= 11 is 0. The number of hydrogen-bond donors (Lipinski definition) is 2. The first-order chi connectivity index (χ1) is 11.4. The molecular formula is C20H28N2O2. The number of benzene rings is 2. The smallest absolute Gasteiger partial charge is 0.139 e. The zero-order valence-corrected chi connectivity index (χ0v) is 15.3. The topological polar surface area (TPSA) is 44.7 Å². The number of phenolic OH excluding ortho intramolecular Hbond substituents is 1. The number of phenols is 1. The van der Waals surface area contributed by atoms with Crippen molar-refractivity contribution in [2.75, 3.05) is 20.8 Å². The molecule has 0 spiro atoms. The maximum Gasteiger partial charge on any atom is 0.139 e. The van der Waals surface area contributed by atoms with E-state index < -0.39 is 0 Å². The molecule has 4 nitrogen and oxygen atoms in total. The van der Waals surface area contributed by atoms with Crippen LogP contribution in [0.3, 0.4) is 0 Å². The Morgan fingerprint density at radius 1 is 1.00 bits per heavy atom. The summed E-state index contributed by atoms with van der Waals surface area (Å²) in [6.07, 6.45) is 0. The van der Waals surface area contributed by atoms with E-state index in [2.05, 4.69) is 43.2 Å². The second-order valence-electron chi connectivity index (χ2n) is 6.52. The average molecular weight is 328 g/mol. The molecule has 2 N–H and O–H groups in total. The minimum Gasteiger partial charge on any atom is -0.507 e. The number of nitrogens with zero attached hydrogens (tertiary/aromatic N) is 1. The van der Waals surface area contributed by atoms with Crippen LogP contribution in [0.25, 0.3) is 0 Å². The first-order valence-corrected chi connectivity index (χ1v) is 8.25. The Bertz CT molecular complexity index is 698. The number of aryl methyl sites for hydroxylation is 3. The van der Waals surface area contributed by atoms with Gasteiger partial charge in [-0.2, -0.15) is 0 Å². The van der Waals surface area contributed by atoms with E-state index in [1.54, 1.807) is 0 Å². The molecule has 0 saturated heterocycles. The van der Waals surface area contributed by atoms with Crippen LogP contribution in [0.4, 0.5) is 0 Å². The van der Waals surface area contributed by atoms with E-state index in [0.717, 1.165) is 29.0 Å². The summed E-state index contributed by atoms with van der Waals surface area (Å²) in [7, 11) is 3.92. The fraction of sp³-hybridized carbons (Fsp3) is 0.400. The minimum atomic E-state index is 0.392. The number of hydrogen-bond acceptors (Lipinski definition) is 4. The third kappa shape index (κ3) is 4.73. The molecule has 0 heterocycles. The molecule has 0 aliphatic carbocycles. The van der Waals surface area contributed by atoms with Crippen molar-refractivity contribution in [1.29, 1.82) is 0 Å². The second kappa shape index (κ2) is 8.18. The summed E-state index contributed by atoms with van der Waals surface area (Å²) in [5.74, 6) is 1.29. The molecule has 0 atom stereocenters. The number of nitrogens with one attached hydrogen (secondary N) is 1. The van der Waals surface area contributed by atoms with Gasteiger partial charge in [0.05, 0.1) is 0 Å². The molecule has 0 aromatic heterocycles. The van der Waals surface area contributed by atoms with Gasteiger partial charge in [-0.15, -0.1) is 0 Å². The van der Waals surface area contributed by atoms with Crippen LogP contribution in [0.2, 0.25) is 0 Å². The van der Waals surface area contributed by atoms with Crippen LogP contribution in [0.5, 0.6) is 11.5 Å². The Morgan fingerprint density at radius 3 is 2.38 bits per heavy atom. The number of ether oxygens (including phenoxy) is 1. The predicted octanol–water partition coefficient (Wildman–Crippen LogP) is 3.51. The number of aromatic hydroxyl groups is 1. The van der Waals surface area contributed by atoms with Gasteiger partial charge in [0.2, 0.25) is 0 Å². The van der Waals surface area contributed by atoms with Crippen LogP contribution in [0.1, 0.15) is 27.8 Å². The van der Waals surface area contributed by atoms with Crippen molar-refractivity contribution in [3.05, 3.63) is 58.1 Å². The van der Waals surface area contributed by atoms with Gasteiger partial charge in [-0.25, -0.2) is 0 Å². The highest BCUT2D eigenvalue weighted by atomic mass is 16.5. The first-order valence-electron chi connectivity index (χ1n) is 8.25. The summed E-state index contributed by atoms with van der Waals surface area (Å²) < 4.78 is 5.77. The van der Waals surface area contributed by atoms with Crippen molar-refractivity contribution in [3.63, 3.8) is 0 Å². The molecule has 24 heavy (non-hydrogen) atoms. The van der Waals surface area contributed by atoms with Gasteiger partial charge in [0, 0.05) is 24.2 Å². The Morgan fingerprint density at radius 2 is 1.67 bits per heavy atom. The van der Waals surface area contributed by atoms with E-state index in [4.69, 9.17) is 4.74 Å². The molecule has 0 fully saturated rings. The molecule has 2 aromatic carbocycles. The van der Waals surface area contributed by atoms with Crippen molar-refractivity contribution in [1.82, 2.24) is 10.2 Å². The quantitative estimate of drug-likeness (QED) is 0.764. The lowest BCUT2D eigenvalue weighted by molar-refractivity contribution is 0.275. The van der Waals surface area contributed by atoms with Crippen LogP contribution in [-0.2, 0) is 13.1 Å². The second-order valence-corrected chi connectivity index (χ2v) is 6.52. The zero-order chi connectivity index (χ0) is 17.7. The standard InChI is InChI=1S/C20H28N2O2/c1-14-6-7-19(24-13-21-4)17(9-14)11-22(5)12-18-10-15(2)8-16(3)20(18)23/h6-10,21,23H,11-13H2,1-5H3. The summed E-state index contributed by atoms with van der Waals surface area (Å²) in [4.78, 5) is 2.19. The van der Waals surface area contributed by atoms with E-state index in [1.165, 1.54) is 11.1 Å². The maximum absolute atomic E-state index is 10.3. The highest BCUT2D eigenvalue weighted by molar-refractivity contribution is 5.43. The van der Waals surface area contributed by atoms with Gasteiger partial charge in [-0.1, -0.05) is 35.4 Å². The molecule has 0 amide bonds. The van der Waals surface area contributed by atoms with Crippen molar-refractivity contribution in [2.45, 2.75) is 33.9 Å². The average Bonchev–Trinajstić information content (AvgIpc) is 2.51. The molecule has 0 aliphatic rings. The Balaban J connectivity index is 2.15. The normalized spacial score (nSPS) is 11.1. The lowest BCUT2D eigenvalue weighted by Gasteiger charge is -2.21. The van der Waals surface area contributed by atoms with Gasteiger partial charge in [0.25, 0.3) is 0 Å². The summed E-state index contributed by atoms with van der Waals surface area (Å²) in [5, 5.41) is 13.3. The van der Waals surface area contributed by atoms with Crippen molar-refractivity contribution in [2.24, 2.45) is 0 Å². The molecule has 0 aliphatic heterocycles. The summed E-state index contributed by atoms with van der Waals surface area (Å²) in [6.45, 7) is 8.01. The SMILES string of the molecule is CNCOc1ccc(C)cc1CN(C)Cc1cc(C)cc(C)c1O. The molecule has 130 valence electrons. The van der Waals surface area contributed by atoms with Gasteiger partial charge in [-0.3, -0.25) is 10.2 Å². The highest BCUT2D eigenvalue weighted by Gasteiger charge is 2.11. The molecule has 0 bridgehead atoms. The first kappa shape index (κ1) is 18.3. The largest absolute Gasteiger partial charge is 0.507 e. The zero-order valence-electron chi connectivity index (χ0n) is 15.3. The molecular weight excluding hydrogens is 300 g/mol. The molecule has 0 radical (unpaired) electrons. The van der Waals surface area contributed by atoms with Crippen LogP contribution in [0.15, 0.2) is 30.3 Å². The van der Waals surface area contributed by atoms with E-state index >= 15 is 0 Å². The van der Waals surface area contributed by atoms with Gasteiger partial charge >= 0.3 is 0 Å². The third-order valence-corrected chi connectivity index (χ3v) is 3.99. The molecule has 2 aromatic rings. The van der Waals surface area contributed by atoms with Crippen molar-refractivity contribution >= 4 is 0 Å². The highest BCUT2D eigenvalue weighted by Crippen LogP contribution is 2.26. The van der Waals surface area contributed by atoms with Crippen LogP contribution < -0.4 is 10.1 Å². The van der Waals surface area contributed by atoms with Gasteiger partial charge in [0.15, 0.2) is 0 Å². The Hall–Kier alpha value is -2.04. The van der Waals surface area contributed by atoms with Crippen molar-refractivity contribution in [3.8, 4) is 11.5 Å². The van der Waals surface area contributed by atoms with Crippen LogP contribution >= 0.6 is 0 Å². The number of rotatable bonds is 7. The fourth-order valence-corrected chi connectivity index (χ4v) is 2.93. The summed E-state index contributed by atoms with van der Waals surface area (Å²) in [6, 6.07) is 10.3. The minimum absolute atomic E-state index is 0.392. The van der Waals surface area contributed by atoms with E-state index in [0.29, 0.717) is 19.0 Å². The Labute approximate surface area is 145 Å². The third-order valence-electron chi connectivity index (χ3n) is 3.99. The molecule has 4 heteroatoms.